The molecule has 0 radical (unpaired) electrons. The van der Waals surface area contributed by atoms with E-state index in [1.54, 1.807) is 60.7 Å². The molecule has 3 N–H and O–H groups in total. The number of halogens is 1. The average molecular weight is 592 g/mol. The number of furan rings is 1. The summed E-state index contributed by atoms with van der Waals surface area (Å²) >= 11 is 1.30. The third kappa shape index (κ3) is 8.08. The second-order valence-corrected chi connectivity index (χ2v) is 10.5. The van der Waals surface area contributed by atoms with E-state index in [-0.39, 0.29) is 11.6 Å². The lowest BCUT2D eigenvalue weighted by atomic mass is 10.1. The molecule has 1 atom stereocenters. The van der Waals surface area contributed by atoms with E-state index < -0.39 is 22.9 Å². The van der Waals surface area contributed by atoms with Gasteiger partial charge in [0.15, 0.2) is 0 Å². The predicted octanol–water partition coefficient (Wildman–Crippen LogP) is 7.30. The van der Waals surface area contributed by atoms with Crippen molar-refractivity contribution in [3.8, 4) is 0 Å². The van der Waals surface area contributed by atoms with Crippen molar-refractivity contribution >= 4 is 46.9 Å². The van der Waals surface area contributed by atoms with E-state index in [9.17, 15) is 18.8 Å². The summed E-state index contributed by atoms with van der Waals surface area (Å²) in [6, 6.07) is 33.8. The lowest BCUT2D eigenvalue weighted by molar-refractivity contribution is -0.116. The van der Waals surface area contributed by atoms with Crippen LogP contribution in [0.5, 0.6) is 0 Å². The van der Waals surface area contributed by atoms with Crippen LogP contribution in [0.25, 0.3) is 6.08 Å². The summed E-state index contributed by atoms with van der Waals surface area (Å²) in [5.41, 5.74) is 2.09. The number of thioether (sulfide) groups is 1. The van der Waals surface area contributed by atoms with E-state index in [0.717, 1.165) is 5.56 Å². The van der Waals surface area contributed by atoms with Crippen LogP contribution in [0.2, 0.25) is 0 Å². The molecule has 43 heavy (non-hydrogen) atoms. The molecule has 214 valence electrons. The van der Waals surface area contributed by atoms with Crippen LogP contribution in [-0.4, -0.2) is 17.7 Å². The van der Waals surface area contributed by atoms with Crippen LogP contribution >= 0.6 is 11.8 Å². The fraction of sp³-hybridized carbons (Fsp3) is 0.0294. The normalized spacial score (nSPS) is 11.8. The van der Waals surface area contributed by atoms with E-state index in [0.29, 0.717) is 27.6 Å². The van der Waals surface area contributed by atoms with Crippen molar-refractivity contribution in [2.45, 2.75) is 10.1 Å². The molecule has 0 fully saturated rings. The van der Waals surface area contributed by atoms with Crippen LogP contribution in [-0.2, 0) is 9.59 Å². The third-order valence-electron chi connectivity index (χ3n) is 6.16. The Hall–Kier alpha value is -5.41. The minimum atomic E-state index is -0.642. The molecule has 5 aromatic rings. The monoisotopic (exact) mass is 591 g/mol. The maximum atomic E-state index is 13.4. The number of hydrogen-bond donors (Lipinski definition) is 3. The van der Waals surface area contributed by atoms with E-state index in [4.69, 9.17) is 4.42 Å². The first kappa shape index (κ1) is 29.1. The molecule has 1 heterocycles. The minimum Gasteiger partial charge on any atom is -0.465 e. The van der Waals surface area contributed by atoms with Gasteiger partial charge in [0.2, 0.25) is 5.91 Å². The Labute approximate surface area is 251 Å². The predicted molar refractivity (Wildman–Crippen MR) is 166 cm³/mol. The van der Waals surface area contributed by atoms with E-state index in [1.807, 2.05) is 36.4 Å². The van der Waals surface area contributed by atoms with Crippen LogP contribution in [0.4, 0.5) is 15.8 Å². The van der Waals surface area contributed by atoms with E-state index in [2.05, 4.69) is 16.0 Å². The highest BCUT2D eigenvalue weighted by molar-refractivity contribution is 8.00. The first-order chi connectivity index (χ1) is 20.9. The molecule has 5 rings (SSSR count). The molecule has 7 nitrogen and oxygen atoms in total. The molecular formula is C34H26FN3O4S. The van der Waals surface area contributed by atoms with Crippen LogP contribution in [0, 0.1) is 5.82 Å². The fourth-order valence-electron chi connectivity index (χ4n) is 4.08. The van der Waals surface area contributed by atoms with Gasteiger partial charge < -0.3 is 20.4 Å². The Bertz CT molecular complexity index is 1730. The van der Waals surface area contributed by atoms with Gasteiger partial charge in [0.25, 0.3) is 11.8 Å². The van der Waals surface area contributed by atoms with Crippen molar-refractivity contribution in [3.05, 3.63) is 156 Å². The molecule has 0 aliphatic carbocycles. The number of nitrogens with one attached hydrogen (secondary N) is 3. The molecule has 1 unspecified atom stereocenters. The zero-order valence-corrected chi connectivity index (χ0v) is 23.5. The summed E-state index contributed by atoms with van der Waals surface area (Å²) in [7, 11) is 0. The first-order valence-electron chi connectivity index (χ1n) is 13.3. The Kier molecular flexibility index (Phi) is 9.46. The standard InChI is InChI=1S/C34H26FN3O4S/c35-25-16-18-26(19-17-25)36-34(41)31(23-9-3-1-4-10-23)43-29-15-7-13-27(21-29)37-33(40)30(22-28-14-8-20-42-28)38-32(39)24-11-5-2-6-12-24/h1-22,31H,(H,36,41)(H,37,40)(H,38,39)/b30-22-. The maximum Gasteiger partial charge on any atom is 0.272 e. The van der Waals surface area contributed by atoms with Gasteiger partial charge in [0.05, 0.1) is 6.26 Å². The lowest BCUT2D eigenvalue weighted by Crippen LogP contribution is -2.30. The van der Waals surface area contributed by atoms with Gasteiger partial charge in [0, 0.05) is 27.9 Å². The quantitative estimate of drug-likeness (QED) is 0.117. The summed E-state index contributed by atoms with van der Waals surface area (Å²) in [4.78, 5) is 40.3. The van der Waals surface area contributed by atoms with Gasteiger partial charge in [-0.1, -0.05) is 54.6 Å². The topological polar surface area (TPSA) is 100 Å². The Morgan fingerprint density at radius 1 is 0.744 bits per heavy atom. The summed E-state index contributed by atoms with van der Waals surface area (Å²) in [5, 5.41) is 7.70. The molecule has 3 amide bonds. The van der Waals surface area contributed by atoms with Crippen LogP contribution in [0.15, 0.2) is 143 Å². The number of anilines is 2. The maximum absolute atomic E-state index is 13.4. The van der Waals surface area contributed by atoms with Crippen LogP contribution < -0.4 is 16.0 Å². The molecule has 0 aliphatic rings. The van der Waals surface area contributed by atoms with Crippen molar-refractivity contribution in [2.75, 3.05) is 10.6 Å². The van der Waals surface area contributed by atoms with E-state index in [1.165, 1.54) is 48.4 Å². The second-order valence-electron chi connectivity index (χ2n) is 9.28. The molecule has 0 bridgehead atoms. The molecule has 0 spiro atoms. The number of amides is 3. The summed E-state index contributed by atoms with van der Waals surface area (Å²) in [6.45, 7) is 0. The average Bonchev–Trinajstić information content (AvgIpc) is 3.55. The molecular weight excluding hydrogens is 565 g/mol. The van der Waals surface area contributed by atoms with Crippen molar-refractivity contribution in [3.63, 3.8) is 0 Å². The van der Waals surface area contributed by atoms with Gasteiger partial charge in [-0.05, 0) is 72.3 Å². The smallest absolute Gasteiger partial charge is 0.272 e. The lowest BCUT2D eigenvalue weighted by Gasteiger charge is -2.18. The molecule has 9 heteroatoms. The number of rotatable bonds is 10. The highest BCUT2D eigenvalue weighted by atomic mass is 32.2. The van der Waals surface area contributed by atoms with Crippen molar-refractivity contribution in [2.24, 2.45) is 0 Å². The van der Waals surface area contributed by atoms with Gasteiger partial charge in [-0.3, -0.25) is 14.4 Å². The fourth-order valence-corrected chi connectivity index (χ4v) is 5.17. The van der Waals surface area contributed by atoms with Crippen LogP contribution in [0.1, 0.15) is 26.9 Å². The minimum absolute atomic E-state index is 0.0114. The van der Waals surface area contributed by atoms with Gasteiger partial charge in [-0.2, -0.15) is 0 Å². The SMILES string of the molecule is O=C(Nc1cccc(SC(C(=O)Nc2ccc(F)cc2)c2ccccc2)c1)/C(=C/c1ccco1)NC(=O)c1ccccc1. The Morgan fingerprint density at radius 2 is 1.47 bits per heavy atom. The second kappa shape index (κ2) is 14.0. The highest BCUT2D eigenvalue weighted by Crippen LogP contribution is 2.37. The number of benzene rings is 4. The van der Waals surface area contributed by atoms with Crippen LogP contribution in [0.3, 0.4) is 0 Å². The summed E-state index contributed by atoms with van der Waals surface area (Å²) in [5.74, 6) is -1.30. The van der Waals surface area contributed by atoms with Crippen molar-refractivity contribution in [1.82, 2.24) is 5.32 Å². The van der Waals surface area contributed by atoms with Gasteiger partial charge in [-0.15, -0.1) is 11.8 Å². The number of carbonyl (C=O) groups excluding carboxylic acids is 3. The van der Waals surface area contributed by atoms with Gasteiger partial charge >= 0.3 is 0 Å². The van der Waals surface area contributed by atoms with Gasteiger partial charge in [-0.25, -0.2) is 4.39 Å². The zero-order valence-electron chi connectivity index (χ0n) is 22.7. The molecule has 0 saturated heterocycles. The molecule has 1 aromatic heterocycles. The van der Waals surface area contributed by atoms with Crippen molar-refractivity contribution in [1.29, 1.82) is 0 Å². The number of hydrogen-bond acceptors (Lipinski definition) is 5. The Balaban J connectivity index is 1.35. The highest BCUT2D eigenvalue weighted by Gasteiger charge is 2.23. The zero-order chi connectivity index (χ0) is 30.0. The molecule has 0 aliphatic heterocycles. The molecule has 0 saturated carbocycles. The third-order valence-corrected chi connectivity index (χ3v) is 7.40. The Morgan fingerprint density at radius 3 is 2.16 bits per heavy atom. The number of carbonyl (C=O) groups is 3. The van der Waals surface area contributed by atoms with E-state index >= 15 is 0 Å². The molecule has 4 aromatic carbocycles. The van der Waals surface area contributed by atoms with Crippen molar-refractivity contribution < 1.29 is 23.2 Å². The summed E-state index contributed by atoms with van der Waals surface area (Å²) < 4.78 is 18.7. The largest absolute Gasteiger partial charge is 0.465 e. The van der Waals surface area contributed by atoms with Gasteiger partial charge in [0.1, 0.15) is 22.5 Å². The first-order valence-corrected chi connectivity index (χ1v) is 14.1. The summed E-state index contributed by atoms with van der Waals surface area (Å²) in [6.07, 6.45) is 2.91.